The Balaban J connectivity index is 2.21. The number of aldehydes is 1. The number of hydrogen-bond acceptors (Lipinski definition) is 4. The van der Waals surface area contributed by atoms with Gasteiger partial charge in [-0.25, -0.2) is 0 Å². The van der Waals surface area contributed by atoms with Crippen LogP contribution in [0.1, 0.15) is 32.6 Å². The zero-order chi connectivity index (χ0) is 11.9. The molecular weight excluding hydrogens is 208 g/mol. The predicted molar refractivity (Wildman–Crippen MR) is 57.6 cm³/mol. The van der Waals surface area contributed by atoms with E-state index in [-0.39, 0.29) is 17.8 Å². The number of hydrogen-bond donors (Lipinski definition) is 3. The van der Waals surface area contributed by atoms with Crippen LogP contribution in [0.4, 0.5) is 0 Å². The highest BCUT2D eigenvalue weighted by Gasteiger charge is 2.57. The van der Waals surface area contributed by atoms with Gasteiger partial charge >= 0.3 is 0 Å². The summed E-state index contributed by atoms with van der Waals surface area (Å²) in [4.78, 5) is 10.8. The maximum Gasteiger partial charge on any atom is 0.123 e. The number of fused-ring (bicyclic) bond motifs is 2. The highest BCUT2D eigenvalue weighted by atomic mass is 16.4. The van der Waals surface area contributed by atoms with Crippen LogP contribution in [0.25, 0.3) is 0 Å². The Morgan fingerprint density at radius 2 is 1.75 bits per heavy atom. The van der Waals surface area contributed by atoms with E-state index in [1.165, 1.54) is 6.92 Å². The summed E-state index contributed by atoms with van der Waals surface area (Å²) in [7, 11) is 0. The van der Waals surface area contributed by atoms with Gasteiger partial charge in [-0.3, -0.25) is 0 Å². The van der Waals surface area contributed by atoms with Crippen molar-refractivity contribution in [2.24, 2.45) is 17.8 Å². The lowest BCUT2D eigenvalue weighted by molar-refractivity contribution is -0.179. The third-order valence-electron chi connectivity index (χ3n) is 4.47. The van der Waals surface area contributed by atoms with Gasteiger partial charge in [-0.1, -0.05) is 0 Å². The first-order valence-corrected chi connectivity index (χ1v) is 6.04. The van der Waals surface area contributed by atoms with Crippen molar-refractivity contribution >= 4 is 6.29 Å². The average molecular weight is 228 g/mol. The number of carbonyl (C=O) groups is 1. The van der Waals surface area contributed by atoms with E-state index in [0.717, 1.165) is 19.1 Å². The lowest BCUT2D eigenvalue weighted by Crippen LogP contribution is -2.57. The molecule has 2 rings (SSSR count). The molecule has 2 bridgehead atoms. The summed E-state index contributed by atoms with van der Waals surface area (Å²) in [6, 6.07) is 0. The van der Waals surface area contributed by atoms with Crippen molar-refractivity contribution in [3.63, 3.8) is 0 Å². The molecule has 6 atom stereocenters. The van der Waals surface area contributed by atoms with E-state index in [1.807, 2.05) is 0 Å². The second-order valence-corrected chi connectivity index (χ2v) is 5.41. The summed E-state index contributed by atoms with van der Waals surface area (Å²) in [5.74, 6) is -0.0870. The van der Waals surface area contributed by atoms with Crippen LogP contribution in [0.5, 0.6) is 0 Å². The number of carbonyl (C=O) groups excluding carboxylic acids is 1. The van der Waals surface area contributed by atoms with E-state index in [2.05, 4.69) is 0 Å². The molecule has 0 aromatic heterocycles. The van der Waals surface area contributed by atoms with Crippen molar-refractivity contribution in [2.75, 3.05) is 0 Å². The molecule has 0 aliphatic heterocycles. The summed E-state index contributed by atoms with van der Waals surface area (Å²) in [5, 5.41) is 30.0. The quantitative estimate of drug-likeness (QED) is 0.598. The summed E-state index contributed by atoms with van der Waals surface area (Å²) >= 11 is 0. The van der Waals surface area contributed by atoms with E-state index in [1.54, 1.807) is 0 Å². The van der Waals surface area contributed by atoms with E-state index in [0.29, 0.717) is 12.8 Å². The van der Waals surface area contributed by atoms with Crippen LogP contribution in [0.2, 0.25) is 0 Å². The van der Waals surface area contributed by atoms with Gasteiger partial charge in [0, 0.05) is 5.92 Å². The maximum atomic E-state index is 10.8. The van der Waals surface area contributed by atoms with Crippen molar-refractivity contribution in [1.82, 2.24) is 0 Å². The molecular formula is C12H20O4. The van der Waals surface area contributed by atoms with Crippen molar-refractivity contribution in [2.45, 2.75) is 50.4 Å². The van der Waals surface area contributed by atoms with Crippen LogP contribution in [0.3, 0.4) is 0 Å². The fraction of sp³-hybridized carbons (Fsp3) is 0.917. The molecule has 3 N–H and O–H groups in total. The molecule has 4 nitrogen and oxygen atoms in total. The van der Waals surface area contributed by atoms with Crippen molar-refractivity contribution < 1.29 is 20.1 Å². The molecule has 0 saturated heterocycles. The zero-order valence-corrected chi connectivity index (χ0v) is 9.54. The molecule has 2 aliphatic rings. The van der Waals surface area contributed by atoms with Gasteiger partial charge in [-0.2, -0.15) is 0 Å². The average Bonchev–Trinajstić information content (AvgIpc) is 2.48. The van der Waals surface area contributed by atoms with Gasteiger partial charge in [0.15, 0.2) is 0 Å². The van der Waals surface area contributed by atoms with E-state index in [9.17, 15) is 20.1 Å². The van der Waals surface area contributed by atoms with Gasteiger partial charge in [-0.05, 0) is 44.4 Å². The van der Waals surface area contributed by atoms with Gasteiger partial charge in [0.25, 0.3) is 0 Å². The molecule has 4 heteroatoms. The minimum Gasteiger partial charge on any atom is -0.391 e. The monoisotopic (exact) mass is 228 g/mol. The molecule has 2 saturated carbocycles. The van der Waals surface area contributed by atoms with E-state index in [4.69, 9.17) is 0 Å². The minimum atomic E-state index is -1.19. The Morgan fingerprint density at radius 1 is 1.25 bits per heavy atom. The maximum absolute atomic E-state index is 10.8. The van der Waals surface area contributed by atoms with Crippen LogP contribution in [0.15, 0.2) is 0 Å². The first-order valence-electron chi connectivity index (χ1n) is 6.04. The van der Waals surface area contributed by atoms with Crippen LogP contribution in [-0.4, -0.2) is 39.4 Å². The molecule has 16 heavy (non-hydrogen) atoms. The van der Waals surface area contributed by atoms with Gasteiger partial charge in [-0.15, -0.1) is 0 Å². The first-order chi connectivity index (χ1) is 7.50. The standard InChI is InChI=1S/C12H20O4/c1-7(14)11(15)12(16)9-2-3-10(12)5-8(4-9)6-13/h6-11,14-16H,2-5H2,1H3/t7-,8?,9-,10+,11+,12?/m1/s1. The molecule has 0 spiro atoms. The molecule has 0 aromatic carbocycles. The predicted octanol–water partition coefficient (Wildman–Crippen LogP) is 0.0943. The Labute approximate surface area is 95.3 Å². The summed E-state index contributed by atoms with van der Waals surface area (Å²) in [6.07, 6.45) is 1.89. The Bertz CT molecular complexity index is 262. The summed E-state index contributed by atoms with van der Waals surface area (Å²) in [5.41, 5.74) is -1.19. The minimum absolute atomic E-state index is 0.0129. The van der Waals surface area contributed by atoms with Gasteiger partial charge in [0.1, 0.15) is 12.4 Å². The van der Waals surface area contributed by atoms with Crippen LogP contribution < -0.4 is 0 Å². The molecule has 2 aliphatic carbocycles. The molecule has 2 fully saturated rings. The van der Waals surface area contributed by atoms with E-state index < -0.39 is 17.8 Å². The second kappa shape index (κ2) is 4.09. The SMILES string of the molecule is C[C@@H](O)[C@H](O)C1(O)[C@@H]2CC[C@H]1CC(C=O)C2. The second-order valence-electron chi connectivity index (χ2n) is 5.41. The molecule has 2 unspecified atom stereocenters. The Hall–Kier alpha value is -0.450. The zero-order valence-electron chi connectivity index (χ0n) is 9.54. The van der Waals surface area contributed by atoms with Gasteiger partial charge < -0.3 is 20.1 Å². The number of aliphatic hydroxyl groups is 3. The van der Waals surface area contributed by atoms with E-state index >= 15 is 0 Å². The summed E-state index contributed by atoms with van der Waals surface area (Å²) < 4.78 is 0. The van der Waals surface area contributed by atoms with Gasteiger partial charge in [0.2, 0.25) is 0 Å². The Kier molecular flexibility index (Phi) is 3.07. The van der Waals surface area contributed by atoms with Crippen molar-refractivity contribution in [1.29, 1.82) is 0 Å². The highest BCUT2D eigenvalue weighted by Crippen LogP contribution is 2.53. The third-order valence-corrected chi connectivity index (χ3v) is 4.47. The topological polar surface area (TPSA) is 77.8 Å². The molecule has 0 radical (unpaired) electrons. The Morgan fingerprint density at radius 3 is 2.12 bits per heavy atom. The lowest BCUT2D eigenvalue weighted by Gasteiger charge is -2.45. The van der Waals surface area contributed by atoms with Gasteiger partial charge in [0.05, 0.1) is 11.7 Å². The number of aliphatic hydroxyl groups excluding tert-OH is 2. The molecule has 0 heterocycles. The summed E-state index contributed by atoms with van der Waals surface area (Å²) in [6.45, 7) is 1.49. The van der Waals surface area contributed by atoms with Crippen molar-refractivity contribution in [3.05, 3.63) is 0 Å². The van der Waals surface area contributed by atoms with Crippen LogP contribution >= 0.6 is 0 Å². The number of rotatable bonds is 3. The normalized spacial score (nSPS) is 46.4. The molecule has 0 aromatic rings. The van der Waals surface area contributed by atoms with Crippen LogP contribution in [0, 0.1) is 17.8 Å². The largest absolute Gasteiger partial charge is 0.391 e. The lowest BCUT2D eigenvalue weighted by atomic mass is 9.67. The third kappa shape index (κ3) is 1.60. The first kappa shape index (κ1) is 12.0. The fourth-order valence-electron chi connectivity index (χ4n) is 3.62. The van der Waals surface area contributed by atoms with Crippen molar-refractivity contribution in [3.8, 4) is 0 Å². The molecule has 0 amide bonds. The smallest absolute Gasteiger partial charge is 0.123 e. The molecule has 92 valence electrons. The fourth-order valence-corrected chi connectivity index (χ4v) is 3.62. The highest BCUT2D eigenvalue weighted by molar-refractivity contribution is 5.54. The van der Waals surface area contributed by atoms with Crippen LogP contribution in [-0.2, 0) is 4.79 Å².